The molecule has 92 valence electrons. The highest BCUT2D eigenvalue weighted by Gasteiger charge is 2.11. The van der Waals surface area contributed by atoms with Crippen molar-refractivity contribution in [3.8, 4) is 12.3 Å². The van der Waals surface area contributed by atoms with Gasteiger partial charge in [-0.25, -0.2) is 4.68 Å². The highest BCUT2D eigenvalue weighted by atomic mass is 79.9. The number of rotatable bonds is 4. The van der Waals surface area contributed by atoms with Gasteiger partial charge in [0.05, 0.1) is 17.9 Å². The summed E-state index contributed by atoms with van der Waals surface area (Å²) in [7, 11) is 0. The monoisotopic (exact) mass is 297 g/mol. The van der Waals surface area contributed by atoms with E-state index in [1.165, 1.54) is 4.68 Å². The lowest BCUT2D eigenvalue weighted by Crippen LogP contribution is -2.27. The summed E-state index contributed by atoms with van der Waals surface area (Å²) in [6.45, 7) is 5.78. The molecule has 1 N–H and O–H groups in total. The van der Waals surface area contributed by atoms with Gasteiger partial charge in [0.2, 0.25) is 0 Å². The fourth-order valence-corrected chi connectivity index (χ4v) is 1.81. The average molecular weight is 298 g/mol. The van der Waals surface area contributed by atoms with Gasteiger partial charge in [0, 0.05) is 12.5 Å². The van der Waals surface area contributed by atoms with E-state index in [4.69, 9.17) is 6.42 Å². The maximum atomic E-state index is 11.9. The number of nitrogens with zero attached hydrogens (tertiary/aromatic N) is 2. The summed E-state index contributed by atoms with van der Waals surface area (Å²) in [5.41, 5.74) is 0.535. The van der Waals surface area contributed by atoms with Crippen LogP contribution in [0.4, 0.5) is 5.69 Å². The zero-order chi connectivity index (χ0) is 13.0. The van der Waals surface area contributed by atoms with Crippen molar-refractivity contribution in [3.05, 3.63) is 21.0 Å². The maximum Gasteiger partial charge on any atom is 0.283 e. The molecule has 4 nitrogen and oxygen atoms in total. The van der Waals surface area contributed by atoms with Gasteiger partial charge >= 0.3 is 0 Å². The molecule has 0 fully saturated rings. The van der Waals surface area contributed by atoms with Crippen LogP contribution in [0.1, 0.15) is 33.2 Å². The fraction of sp³-hybridized carbons (Fsp3) is 0.500. The van der Waals surface area contributed by atoms with Crippen LogP contribution < -0.4 is 10.9 Å². The third-order valence-electron chi connectivity index (χ3n) is 2.26. The smallest absolute Gasteiger partial charge is 0.283 e. The largest absolute Gasteiger partial charge is 0.379 e. The number of terminal acetylenes is 1. The molecule has 1 atom stereocenters. The minimum Gasteiger partial charge on any atom is -0.379 e. The van der Waals surface area contributed by atoms with Crippen LogP contribution >= 0.6 is 15.9 Å². The normalized spacial score (nSPS) is 12.2. The van der Waals surface area contributed by atoms with Crippen molar-refractivity contribution in [1.29, 1.82) is 0 Å². The molecule has 5 heteroatoms. The number of nitrogens with one attached hydrogen (secondary N) is 1. The average Bonchev–Trinajstić information content (AvgIpc) is 2.25. The van der Waals surface area contributed by atoms with Gasteiger partial charge in [0.1, 0.15) is 4.47 Å². The molecule has 0 aliphatic carbocycles. The second kappa shape index (κ2) is 5.87. The van der Waals surface area contributed by atoms with E-state index in [0.717, 1.165) is 0 Å². The van der Waals surface area contributed by atoms with Crippen molar-refractivity contribution in [1.82, 2.24) is 9.78 Å². The zero-order valence-electron chi connectivity index (χ0n) is 10.2. The van der Waals surface area contributed by atoms with Gasteiger partial charge in [-0.15, -0.1) is 12.3 Å². The van der Waals surface area contributed by atoms with E-state index in [9.17, 15) is 4.79 Å². The number of aromatic nitrogens is 2. The quantitative estimate of drug-likeness (QED) is 0.868. The first-order chi connectivity index (χ1) is 7.97. The summed E-state index contributed by atoms with van der Waals surface area (Å²) in [6.07, 6.45) is 7.47. The first kappa shape index (κ1) is 13.8. The molecule has 1 unspecified atom stereocenters. The van der Waals surface area contributed by atoms with E-state index in [-0.39, 0.29) is 17.6 Å². The Labute approximate surface area is 110 Å². The predicted molar refractivity (Wildman–Crippen MR) is 73.1 cm³/mol. The fourth-order valence-electron chi connectivity index (χ4n) is 1.41. The summed E-state index contributed by atoms with van der Waals surface area (Å²) in [5.74, 6) is 2.57. The molecule has 0 bridgehead atoms. The molecule has 0 aliphatic heterocycles. The first-order valence-electron chi connectivity index (χ1n) is 5.44. The Morgan fingerprint density at radius 1 is 1.59 bits per heavy atom. The molecule has 0 saturated carbocycles. The predicted octanol–water partition coefficient (Wildman–Crippen LogP) is 2.41. The van der Waals surface area contributed by atoms with Crippen LogP contribution in [-0.2, 0) is 0 Å². The third kappa shape index (κ3) is 3.34. The molecule has 1 aromatic heterocycles. The van der Waals surface area contributed by atoms with Crippen molar-refractivity contribution < 1.29 is 0 Å². The van der Waals surface area contributed by atoms with E-state index in [1.54, 1.807) is 6.20 Å². The Balaban J connectivity index is 3.02. The minimum atomic E-state index is -0.141. The molecule has 0 radical (unpaired) electrons. The van der Waals surface area contributed by atoms with E-state index >= 15 is 0 Å². The Kier molecular flexibility index (Phi) is 4.76. The van der Waals surface area contributed by atoms with E-state index in [2.05, 4.69) is 32.3 Å². The number of hydrogen-bond donors (Lipinski definition) is 1. The molecule has 0 amide bonds. The van der Waals surface area contributed by atoms with Crippen LogP contribution in [0.2, 0.25) is 0 Å². The van der Waals surface area contributed by atoms with Gasteiger partial charge in [-0.2, -0.15) is 5.10 Å². The van der Waals surface area contributed by atoms with E-state index in [0.29, 0.717) is 16.6 Å². The topological polar surface area (TPSA) is 46.9 Å². The van der Waals surface area contributed by atoms with E-state index in [1.807, 2.05) is 20.8 Å². The Hall–Kier alpha value is -1.28. The molecule has 1 heterocycles. The highest BCUT2D eigenvalue weighted by molar-refractivity contribution is 9.10. The van der Waals surface area contributed by atoms with Gasteiger partial charge in [-0.1, -0.05) is 0 Å². The van der Waals surface area contributed by atoms with Gasteiger partial charge < -0.3 is 5.32 Å². The SMILES string of the molecule is C#CCC(C)Nc1cnn(C(C)C)c(=O)c1Br. The van der Waals surface area contributed by atoms with Gasteiger partial charge in [0.15, 0.2) is 0 Å². The zero-order valence-corrected chi connectivity index (χ0v) is 11.8. The molecule has 1 rings (SSSR count). The summed E-state index contributed by atoms with van der Waals surface area (Å²) in [5, 5.41) is 7.26. The lowest BCUT2D eigenvalue weighted by molar-refractivity contribution is 0.501. The van der Waals surface area contributed by atoms with Crippen LogP contribution in [0.5, 0.6) is 0 Å². The molecule has 1 aromatic rings. The van der Waals surface area contributed by atoms with Crippen LogP contribution in [-0.4, -0.2) is 15.8 Å². The maximum absolute atomic E-state index is 11.9. The number of halogens is 1. The van der Waals surface area contributed by atoms with Crippen molar-refractivity contribution in [3.63, 3.8) is 0 Å². The third-order valence-corrected chi connectivity index (χ3v) is 3.02. The molecule has 0 spiro atoms. The van der Waals surface area contributed by atoms with Gasteiger partial charge in [0.25, 0.3) is 5.56 Å². The Morgan fingerprint density at radius 3 is 2.76 bits per heavy atom. The molecule has 0 aromatic carbocycles. The molecule has 0 aliphatic rings. The summed E-state index contributed by atoms with van der Waals surface area (Å²) in [6, 6.07) is 0.142. The van der Waals surface area contributed by atoms with E-state index < -0.39 is 0 Å². The van der Waals surface area contributed by atoms with Crippen LogP contribution in [0.25, 0.3) is 0 Å². The van der Waals surface area contributed by atoms with Crippen molar-refractivity contribution in [2.75, 3.05) is 5.32 Å². The Morgan fingerprint density at radius 2 is 2.24 bits per heavy atom. The van der Waals surface area contributed by atoms with Crippen LogP contribution in [0, 0.1) is 12.3 Å². The van der Waals surface area contributed by atoms with Crippen molar-refractivity contribution in [2.45, 2.75) is 39.3 Å². The van der Waals surface area contributed by atoms with Crippen LogP contribution in [0.3, 0.4) is 0 Å². The van der Waals surface area contributed by atoms with Crippen LogP contribution in [0.15, 0.2) is 15.5 Å². The first-order valence-corrected chi connectivity index (χ1v) is 6.24. The van der Waals surface area contributed by atoms with Gasteiger partial charge in [-0.05, 0) is 36.7 Å². The highest BCUT2D eigenvalue weighted by Crippen LogP contribution is 2.18. The minimum absolute atomic E-state index is 0.0379. The standard InChI is InChI=1S/C12H16BrN3O/c1-5-6-9(4)15-10-7-14-16(8(2)3)12(17)11(10)13/h1,7-9,15H,6H2,2-4H3. The summed E-state index contributed by atoms with van der Waals surface area (Å²) in [4.78, 5) is 11.9. The summed E-state index contributed by atoms with van der Waals surface area (Å²) < 4.78 is 1.92. The lowest BCUT2D eigenvalue weighted by Gasteiger charge is -2.15. The number of hydrogen-bond acceptors (Lipinski definition) is 3. The summed E-state index contributed by atoms with van der Waals surface area (Å²) >= 11 is 3.29. The molecule has 17 heavy (non-hydrogen) atoms. The number of anilines is 1. The molecular weight excluding hydrogens is 282 g/mol. The molecule has 0 saturated heterocycles. The lowest BCUT2D eigenvalue weighted by atomic mass is 10.2. The molecular formula is C12H16BrN3O. The van der Waals surface area contributed by atoms with Gasteiger partial charge in [-0.3, -0.25) is 4.79 Å². The Bertz CT molecular complexity index is 488. The second-order valence-corrected chi connectivity index (χ2v) is 4.96. The van der Waals surface area contributed by atoms with Crippen molar-refractivity contribution >= 4 is 21.6 Å². The van der Waals surface area contributed by atoms with Crippen molar-refractivity contribution in [2.24, 2.45) is 0 Å². The second-order valence-electron chi connectivity index (χ2n) is 4.17.